The summed E-state index contributed by atoms with van der Waals surface area (Å²) in [4.78, 5) is 21.5. The van der Waals surface area contributed by atoms with Crippen molar-refractivity contribution in [1.82, 2.24) is 25.0 Å². The number of benzene rings is 2. The maximum absolute atomic E-state index is 13.0. The van der Waals surface area contributed by atoms with Gasteiger partial charge < -0.3 is 10.1 Å². The van der Waals surface area contributed by atoms with E-state index < -0.39 is 0 Å². The Morgan fingerprint density at radius 3 is 2.45 bits per heavy atom. The van der Waals surface area contributed by atoms with Crippen molar-refractivity contribution in [2.45, 2.75) is 17.8 Å². The van der Waals surface area contributed by atoms with Gasteiger partial charge in [0.2, 0.25) is 0 Å². The molecule has 31 heavy (non-hydrogen) atoms. The van der Waals surface area contributed by atoms with E-state index in [4.69, 9.17) is 4.74 Å². The largest absolute Gasteiger partial charge is 0.497 e. The number of aryl methyl sites for hydroxylation is 1. The van der Waals surface area contributed by atoms with Crippen LogP contribution in [0.2, 0.25) is 0 Å². The molecule has 9 heteroatoms. The fourth-order valence-corrected chi connectivity index (χ4v) is 3.65. The number of nitrogens with zero attached hydrogens (tertiary/aromatic N) is 5. The molecule has 0 aliphatic rings. The molecule has 4 aromatic rings. The summed E-state index contributed by atoms with van der Waals surface area (Å²) >= 11 is 1.41. The van der Waals surface area contributed by atoms with Crippen LogP contribution in [0.5, 0.6) is 5.75 Å². The van der Waals surface area contributed by atoms with Gasteiger partial charge in [-0.25, -0.2) is 14.6 Å². The van der Waals surface area contributed by atoms with Crippen LogP contribution in [0, 0.1) is 6.92 Å². The van der Waals surface area contributed by atoms with Gasteiger partial charge in [0.05, 0.1) is 18.5 Å². The quantitative estimate of drug-likeness (QED) is 0.349. The summed E-state index contributed by atoms with van der Waals surface area (Å²) in [6.07, 6.45) is 3.37. The van der Waals surface area contributed by atoms with E-state index in [1.807, 2.05) is 31.2 Å². The highest BCUT2D eigenvalue weighted by Gasteiger charge is 2.21. The first kappa shape index (κ1) is 20.5. The van der Waals surface area contributed by atoms with Crippen molar-refractivity contribution in [1.29, 1.82) is 0 Å². The van der Waals surface area contributed by atoms with Gasteiger partial charge in [0.25, 0.3) is 5.91 Å². The number of anilines is 1. The summed E-state index contributed by atoms with van der Waals surface area (Å²) in [6, 6.07) is 16.7. The zero-order valence-electron chi connectivity index (χ0n) is 17.0. The third-order valence-electron chi connectivity index (χ3n) is 4.48. The van der Waals surface area contributed by atoms with Crippen molar-refractivity contribution >= 4 is 23.4 Å². The molecule has 0 atom stereocenters. The van der Waals surface area contributed by atoms with Crippen LogP contribution in [0.4, 0.5) is 5.69 Å². The zero-order chi connectivity index (χ0) is 21.6. The number of ether oxygens (including phenoxy) is 1. The average molecular weight is 433 g/mol. The van der Waals surface area contributed by atoms with Crippen molar-refractivity contribution in [3.8, 4) is 11.4 Å². The van der Waals surface area contributed by atoms with Crippen LogP contribution in [0.3, 0.4) is 0 Å². The average Bonchev–Trinajstić information content (AvgIpc) is 3.23. The maximum Gasteiger partial charge on any atom is 0.278 e. The second-order valence-corrected chi connectivity index (χ2v) is 7.58. The molecule has 0 radical (unpaired) electrons. The number of rotatable bonds is 7. The van der Waals surface area contributed by atoms with Crippen LogP contribution < -0.4 is 10.1 Å². The molecule has 0 spiro atoms. The minimum atomic E-state index is -0.340. The normalized spacial score (nSPS) is 10.6. The molecule has 2 heterocycles. The van der Waals surface area contributed by atoms with Crippen LogP contribution in [-0.2, 0) is 5.75 Å². The fourth-order valence-electron chi connectivity index (χ4n) is 2.86. The molecule has 2 aromatic heterocycles. The second kappa shape index (κ2) is 9.40. The summed E-state index contributed by atoms with van der Waals surface area (Å²) in [5.74, 6) is 0.798. The molecule has 156 valence electrons. The molecule has 0 saturated carbocycles. The lowest BCUT2D eigenvalue weighted by Crippen LogP contribution is -2.15. The molecule has 1 N–H and O–H groups in total. The Morgan fingerprint density at radius 1 is 1.06 bits per heavy atom. The van der Waals surface area contributed by atoms with Gasteiger partial charge in [0.1, 0.15) is 5.75 Å². The van der Waals surface area contributed by atoms with Crippen molar-refractivity contribution in [3.63, 3.8) is 0 Å². The smallest absolute Gasteiger partial charge is 0.278 e. The Morgan fingerprint density at radius 2 is 1.77 bits per heavy atom. The topological polar surface area (TPSA) is 94.8 Å². The minimum Gasteiger partial charge on any atom is -0.497 e. The van der Waals surface area contributed by atoms with Gasteiger partial charge >= 0.3 is 0 Å². The molecule has 0 fully saturated rings. The third-order valence-corrected chi connectivity index (χ3v) is 5.37. The Bertz CT molecular complexity index is 1160. The van der Waals surface area contributed by atoms with Crippen molar-refractivity contribution in [2.75, 3.05) is 12.4 Å². The minimum absolute atomic E-state index is 0.250. The molecule has 2 aromatic carbocycles. The molecular formula is C22H20N6O2S. The molecular weight excluding hydrogens is 412 g/mol. The fraction of sp³-hybridized carbons (Fsp3) is 0.136. The molecule has 0 aliphatic heterocycles. The van der Waals surface area contributed by atoms with Gasteiger partial charge in [-0.05, 0) is 49.4 Å². The van der Waals surface area contributed by atoms with E-state index in [2.05, 4.69) is 25.6 Å². The van der Waals surface area contributed by atoms with E-state index in [1.54, 1.807) is 54.5 Å². The van der Waals surface area contributed by atoms with E-state index in [1.165, 1.54) is 11.8 Å². The number of hydrogen-bond donors (Lipinski definition) is 1. The Balaban J connectivity index is 1.63. The molecule has 4 rings (SSSR count). The van der Waals surface area contributed by atoms with Gasteiger partial charge in [-0.1, -0.05) is 34.7 Å². The summed E-state index contributed by atoms with van der Waals surface area (Å²) in [6.45, 7) is 2.02. The number of amides is 1. The summed E-state index contributed by atoms with van der Waals surface area (Å²) < 4.78 is 6.84. The van der Waals surface area contributed by atoms with Crippen LogP contribution in [0.25, 0.3) is 5.69 Å². The van der Waals surface area contributed by atoms with Crippen molar-refractivity contribution in [2.24, 2.45) is 0 Å². The monoisotopic (exact) mass is 432 g/mol. The lowest BCUT2D eigenvalue weighted by molar-refractivity contribution is 0.102. The van der Waals surface area contributed by atoms with Crippen molar-refractivity contribution in [3.05, 3.63) is 83.9 Å². The molecule has 1 amide bonds. The molecule has 8 nitrogen and oxygen atoms in total. The predicted octanol–water partition coefficient (Wildman–Crippen LogP) is 3.92. The molecule has 0 saturated heterocycles. The van der Waals surface area contributed by atoms with E-state index in [9.17, 15) is 4.79 Å². The van der Waals surface area contributed by atoms with Crippen LogP contribution in [-0.4, -0.2) is 38.0 Å². The standard InChI is InChI=1S/C22H20N6O2S/c1-15-4-8-17(9-5-15)28-19(14-31-22-23-12-3-13-24-22)20(26-27-28)21(29)25-16-6-10-18(30-2)11-7-16/h3-13H,14H2,1-2H3,(H,25,29). The Hall–Kier alpha value is -3.72. The first-order chi connectivity index (χ1) is 15.1. The van der Waals surface area contributed by atoms with Crippen LogP contribution >= 0.6 is 11.8 Å². The predicted molar refractivity (Wildman–Crippen MR) is 119 cm³/mol. The number of methoxy groups -OCH3 is 1. The summed E-state index contributed by atoms with van der Waals surface area (Å²) in [7, 11) is 1.59. The Labute approximate surface area is 183 Å². The Kier molecular flexibility index (Phi) is 6.23. The maximum atomic E-state index is 13.0. The number of carbonyl (C=O) groups excluding carboxylic acids is 1. The highest BCUT2D eigenvalue weighted by Crippen LogP contribution is 2.24. The number of thioether (sulfide) groups is 1. The lowest BCUT2D eigenvalue weighted by atomic mass is 10.2. The summed E-state index contributed by atoms with van der Waals surface area (Å²) in [5, 5.41) is 11.9. The second-order valence-electron chi connectivity index (χ2n) is 6.63. The number of hydrogen-bond acceptors (Lipinski definition) is 7. The van der Waals surface area contributed by atoms with Gasteiger partial charge in [-0.3, -0.25) is 4.79 Å². The SMILES string of the molecule is COc1ccc(NC(=O)c2nnn(-c3ccc(C)cc3)c2CSc2ncccn2)cc1. The van der Waals surface area contributed by atoms with Crippen LogP contribution in [0.15, 0.2) is 72.1 Å². The number of carbonyl (C=O) groups is 1. The molecule has 0 aliphatic carbocycles. The van der Waals surface area contributed by atoms with Gasteiger partial charge in [0, 0.05) is 23.8 Å². The van der Waals surface area contributed by atoms with Gasteiger partial charge in [-0.2, -0.15) is 0 Å². The number of aromatic nitrogens is 5. The van der Waals surface area contributed by atoms with E-state index in [-0.39, 0.29) is 11.6 Å². The zero-order valence-corrected chi connectivity index (χ0v) is 17.8. The van der Waals surface area contributed by atoms with Gasteiger partial charge in [0.15, 0.2) is 10.9 Å². The van der Waals surface area contributed by atoms with E-state index >= 15 is 0 Å². The van der Waals surface area contributed by atoms with Crippen LogP contribution in [0.1, 0.15) is 21.7 Å². The first-order valence-corrected chi connectivity index (χ1v) is 10.5. The summed E-state index contributed by atoms with van der Waals surface area (Å²) in [5.41, 5.74) is 3.51. The van der Waals surface area contributed by atoms with Crippen molar-refractivity contribution < 1.29 is 9.53 Å². The lowest BCUT2D eigenvalue weighted by Gasteiger charge is -2.09. The highest BCUT2D eigenvalue weighted by atomic mass is 32.2. The molecule has 0 bridgehead atoms. The van der Waals surface area contributed by atoms with Gasteiger partial charge in [-0.15, -0.1) is 5.10 Å². The highest BCUT2D eigenvalue weighted by molar-refractivity contribution is 7.98. The first-order valence-electron chi connectivity index (χ1n) is 9.51. The molecule has 0 unspecified atom stereocenters. The number of nitrogens with one attached hydrogen (secondary N) is 1. The van der Waals surface area contributed by atoms with E-state index in [0.29, 0.717) is 28.0 Å². The van der Waals surface area contributed by atoms with E-state index in [0.717, 1.165) is 11.3 Å². The third kappa shape index (κ3) is 4.89.